The van der Waals surface area contributed by atoms with Gasteiger partial charge in [-0.25, -0.2) is 0 Å². The largest absolute Gasteiger partial charge is 0.394 e. The number of nitrogens with one attached hydrogen (secondary N) is 1. The Balaban J connectivity index is 2.12. The van der Waals surface area contributed by atoms with Crippen molar-refractivity contribution in [1.82, 2.24) is 5.32 Å². The Labute approximate surface area is 146 Å². The highest BCUT2D eigenvalue weighted by Gasteiger charge is 2.32. The average molecular weight is 355 g/mol. The van der Waals surface area contributed by atoms with Gasteiger partial charge < -0.3 is 25.5 Å². The van der Waals surface area contributed by atoms with E-state index in [-0.39, 0.29) is 0 Å². The van der Waals surface area contributed by atoms with Crippen LogP contribution >= 0.6 is 11.6 Å². The van der Waals surface area contributed by atoms with E-state index in [0.29, 0.717) is 5.02 Å². The third kappa shape index (κ3) is 3.89. The maximum atomic E-state index is 12.4. The van der Waals surface area contributed by atoms with Crippen molar-refractivity contribution in [3.8, 4) is 0 Å². The van der Waals surface area contributed by atoms with Crippen molar-refractivity contribution in [1.29, 1.82) is 0 Å². The van der Waals surface area contributed by atoms with Crippen LogP contribution < -0.4 is 10.2 Å². The van der Waals surface area contributed by atoms with E-state index in [0.717, 1.165) is 24.3 Å². The minimum absolute atomic E-state index is 0.404. The van der Waals surface area contributed by atoms with Crippen molar-refractivity contribution in [2.45, 2.75) is 18.4 Å². The molecule has 1 amide bonds. The van der Waals surface area contributed by atoms with Crippen LogP contribution in [0.5, 0.6) is 0 Å². The summed E-state index contributed by atoms with van der Waals surface area (Å²) in [6, 6.07) is 5.46. The van der Waals surface area contributed by atoms with Crippen molar-refractivity contribution in [3.05, 3.63) is 40.9 Å². The number of carbonyl (C=O) groups excluding carboxylic acids is 1. The summed E-state index contributed by atoms with van der Waals surface area (Å²) in [7, 11) is 0. The fourth-order valence-corrected chi connectivity index (χ4v) is 2.82. The van der Waals surface area contributed by atoms with E-state index in [4.69, 9.17) is 11.6 Å². The number of hydrogen-bond donors (Lipinski definition) is 4. The molecule has 0 saturated carbocycles. The van der Waals surface area contributed by atoms with Crippen LogP contribution in [-0.2, 0) is 4.79 Å². The third-order valence-corrected chi connectivity index (χ3v) is 4.62. The molecule has 0 radical (unpaired) electrons. The number of rotatable bonds is 7. The number of nitrogens with zero attached hydrogens (tertiary/aromatic N) is 1. The predicted molar refractivity (Wildman–Crippen MR) is 93.4 cm³/mol. The molecule has 0 fully saturated rings. The summed E-state index contributed by atoms with van der Waals surface area (Å²) in [6.45, 7) is 1.65. The molecule has 1 atom stereocenters. The van der Waals surface area contributed by atoms with Gasteiger partial charge in [0, 0.05) is 13.1 Å². The molecule has 132 valence electrons. The summed E-state index contributed by atoms with van der Waals surface area (Å²) in [5.74, 6) is -0.948. The molecule has 24 heavy (non-hydrogen) atoms. The van der Waals surface area contributed by atoms with Gasteiger partial charge in [-0.2, -0.15) is 0 Å². The zero-order chi connectivity index (χ0) is 17.7. The lowest BCUT2D eigenvalue weighted by atomic mass is 9.96. The zero-order valence-corrected chi connectivity index (χ0v) is 14.3. The molecule has 1 aromatic carbocycles. The first kappa shape index (κ1) is 18.7. The fraction of sp³-hybridized carbons (Fsp3) is 0.471. The Morgan fingerprint density at radius 3 is 2.33 bits per heavy atom. The summed E-state index contributed by atoms with van der Waals surface area (Å²) < 4.78 is 0. The van der Waals surface area contributed by atoms with E-state index < -0.39 is 37.2 Å². The second kappa shape index (κ2) is 7.98. The lowest BCUT2D eigenvalue weighted by Crippen LogP contribution is -2.57. The number of halogens is 1. The van der Waals surface area contributed by atoms with Gasteiger partial charge in [-0.15, -0.1) is 0 Å². The van der Waals surface area contributed by atoms with Crippen LogP contribution in [0.1, 0.15) is 18.4 Å². The first-order valence-corrected chi connectivity index (χ1v) is 8.18. The molecule has 1 heterocycles. The predicted octanol–water partition coefficient (Wildman–Crippen LogP) is 0.652. The van der Waals surface area contributed by atoms with Gasteiger partial charge in [0.1, 0.15) is 5.54 Å². The van der Waals surface area contributed by atoms with Gasteiger partial charge >= 0.3 is 0 Å². The molecule has 0 saturated heterocycles. The number of carbonyl (C=O) groups is 1. The standard InChI is InChI=1S/C17H23ClN2O4/c1-12(16(24)19-17(9-21,10-22)11-23)13-4-5-15(14(18)8-13)20-6-2-3-7-20/h2-5,8,12,21-23H,6-7,9-11H2,1H3,(H,19,24). The van der Waals surface area contributed by atoms with Crippen molar-refractivity contribution >= 4 is 23.2 Å². The summed E-state index contributed by atoms with van der Waals surface area (Å²) in [6.07, 6.45) is 4.14. The highest BCUT2D eigenvalue weighted by atomic mass is 35.5. The van der Waals surface area contributed by atoms with Crippen LogP contribution in [-0.4, -0.2) is 59.7 Å². The molecule has 0 spiro atoms. The van der Waals surface area contributed by atoms with E-state index in [1.807, 2.05) is 12.1 Å². The number of aliphatic hydroxyl groups is 3. The minimum Gasteiger partial charge on any atom is -0.394 e. The highest BCUT2D eigenvalue weighted by molar-refractivity contribution is 6.33. The van der Waals surface area contributed by atoms with Gasteiger partial charge in [0.05, 0.1) is 36.4 Å². The molecule has 7 heteroatoms. The summed E-state index contributed by atoms with van der Waals surface area (Å²) in [5.41, 5.74) is 0.195. The Morgan fingerprint density at radius 1 is 1.25 bits per heavy atom. The monoisotopic (exact) mass is 354 g/mol. The summed E-state index contributed by atoms with van der Waals surface area (Å²) >= 11 is 6.35. The van der Waals surface area contributed by atoms with Crippen LogP contribution in [0.25, 0.3) is 0 Å². The van der Waals surface area contributed by atoms with Gasteiger partial charge in [-0.3, -0.25) is 4.79 Å². The molecule has 0 bridgehead atoms. The normalized spacial score (nSPS) is 15.6. The number of hydrogen-bond acceptors (Lipinski definition) is 5. The quantitative estimate of drug-likeness (QED) is 0.540. The number of aliphatic hydroxyl groups excluding tert-OH is 3. The zero-order valence-electron chi connectivity index (χ0n) is 13.6. The van der Waals surface area contributed by atoms with Crippen molar-refractivity contribution in [3.63, 3.8) is 0 Å². The molecule has 1 aliphatic rings. The van der Waals surface area contributed by atoms with E-state index in [1.165, 1.54) is 0 Å². The Hall–Kier alpha value is -1.60. The second-order valence-electron chi connectivity index (χ2n) is 6.05. The van der Waals surface area contributed by atoms with Crippen LogP contribution in [0, 0.1) is 0 Å². The smallest absolute Gasteiger partial charge is 0.227 e. The van der Waals surface area contributed by atoms with Crippen LogP contribution in [0.3, 0.4) is 0 Å². The van der Waals surface area contributed by atoms with Gasteiger partial charge in [0.25, 0.3) is 0 Å². The summed E-state index contributed by atoms with van der Waals surface area (Å²) in [4.78, 5) is 14.5. The molecule has 1 unspecified atom stereocenters. The van der Waals surface area contributed by atoms with Crippen molar-refractivity contribution < 1.29 is 20.1 Å². The molecule has 1 aromatic rings. The van der Waals surface area contributed by atoms with Gasteiger partial charge in [0.15, 0.2) is 0 Å². The Bertz CT molecular complexity index is 600. The van der Waals surface area contributed by atoms with E-state index in [9.17, 15) is 20.1 Å². The molecule has 0 aliphatic carbocycles. The van der Waals surface area contributed by atoms with Crippen LogP contribution in [0.15, 0.2) is 30.4 Å². The third-order valence-electron chi connectivity index (χ3n) is 4.32. The molecular weight excluding hydrogens is 332 g/mol. The summed E-state index contributed by atoms with van der Waals surface area (Å²) in [5, 5.41) is 31.0. The first-order chi connectivity index (χ1) is 11.5. The second-order valence-corrected chi connectivity index (χ2v) is 6.46. The van der Waals surface area contributed by atoms with Crippen molar-refractivity contribution in [2.75, 3.05) is 37.8 Å². The van der Waals surface area contributed by atoms with Gasteiger partial charge in [-0.05, 0) is 24.6 Å². The molecule has 4 N–H and O–H groups in total. The van der Waals surface area contributed by atoms with E-state index >= 15 is 0 Å². The highest BCUT2D eigenvalue weighted by Crippen LogP contribution is 2.30. The van der Waals surface area contributed by atoms with Gasteiger partial charge in [-0.1, -0.05) is 29.8 Å². The molecule has 0 aromatic heterocycles. The number of anilines is 1. The van der Waals surface area contributed by atoms with E-state index in [1.54, 1.807) is 13.0 Å². The molecule has 1 aliphatic heterocycles. The SMILES string of the molecule is CC(C(=O)NC(CO)(CO)CO)c1ccc(N2CC=CC2)c(Cl)c1. The average Bonchev–Trinajstić information content (AvgIpc) is 3.13. The lowest BCUT2D eigenvalue weighted by Gasteiger charge is -2.30. The topological polar surface area (TPSA) is 93.0 Å². The van der Waals surface area contributed by atoms with Crippen LogP contribution in [0.4, 0.5) is 5.69 Å². The maximum absolute atomic E-state index is 12.4. The fourth-order valence-electron chi connectivity index (χ4n) is 2.51. The number of benzene rings is 1. The molecule has 6 nitrogen and oxygen atoms in total. The lowest BCUT2D eigenvalue weighted by molar-refractivity contribution is -0.126. The maximum Gasteiger partial charge on any atom is 0.227 e. The van der Waals surface area contributed by atoms with Crippen molar-refractivity contribution in [2.24, 2.45) is 0 Å². The minimum atomic E-state index is -1.43. The first-order valence-electron chi connectivity index (χ1n) is 7.80. The Morgan fingerprint density at radius 2 is 1.83 bits per heavy atom. The van der Waals surface area contributed by atoms with E-state index in [2.05, 4.69) is 22.4 Å². The number of amides is 1. The molecule has 2 rings (SSSR count). The molecular formula is C17H23ClN2O4. The van der Waals surface area contributed by atoms with Gasteiger partial charge in [0.2, 0.25) is 5.91 Å². The Kier molecular flexibility index (Phi) is 6.23. The van der Waals surface area contributed by atoms with Crippen LogP contribution in [0.2, 0.25) is 5.02 Å².